The topological polar surface area (TPSA) is 114 Å². The summed E-state index contributed by atoms with van der Waals surface area (Å²) in [5.74, 6) is 2.36. The summed E-state index contributed by atoms with van der Waals surface area (Å²) in [4.78, 5) is 9.15. The molecule has 8 heteroatoms. The smallest absolute Gasteiger partial charge is 0.102 e. The van der Waals surface area contributed by atoms with E-state index in [-0.39, 0.29) is 37.1 Å². The largest absolute Gasteiger partial charge is 0.396 e. The standard InChI is InChI=1S/C16H30N6O2/c1-11(15-17-9-13(21-15)3-5-23)7-19-20-8-12(2)16-18-10-14(22-16)4-6-24/h11-14,23-24H,3-10H2,1-2H3,(H,17,21)(H,18,22). The van der Waals surface area contributed by atoms with E-state index in [2.05, 4.69) is 44.7 Å². The molecule has 0 saturated carbocycles. The summed E-state index contributed by atoms with van der Waals surface area (Å²) in [5, 5.41) is 33.1. The molecule has 8 nitrogen and oxygen atoms in total. The van der Waals surface area contributed by atoms with Crippen LogP contribution in [0.2, 0.25) is 0 Å². The van der Waals surface area contributed by atoms with Gasteiger partial charge in [0.1, 0.15) is 11.7 Å². The Morgan fingerprint density at radius 2 is 1.33 bits per heavy atom. The Hall–Kier alpha value is -1.54. The van der Waals surface area contributed by atoms with Crippen LogP contribution >= 0.6 is 0 Å². The molecule has 0 spiro atoms. The zero-order chi connectivity index (χ0) is 17.4. The first-order chi connectivity index (χ1) is 11.6. The lowest BCUT2D eigenvalue weighted by molar-refractivity contribution is 0.277. The monoisotopic (exact) mass is 338 g/mol. The Morgan fingerprint density at radius 1 is 0.917 bits per heavy atom. The van der Waals surface area contributed by atoms with E-state index in [1.807, 2.05) is 0 Å². The molecule has 2 rings (SSSR count). The molecule has 0 amide bonds. The average Bonchev–Trinajstić information content (AvgIpc) is 3.21. The van der Waals surface area contributed by atoms with E-state index in [1.165, 1.54) is 0 Å². The van der Waals surface area contributed by atoms with Gasteiger partial charge in [0.05, 0.1) is 25.2 Å². The Kier molecular flexibility index (Phi) is 7.58. The van der Waals surface area contributed by atoms with Crippen molar-refractivity contribution in [3.05, 3.63) is 0 Å². The van der Waals surface area contributed by atoms with Crippen LogP contribution in [0.25, 0.3) is 0 Å². The Bertz CT molecular complexity index is 437. The van der Waals surface area contributed by atoms with Gasteiger partial charge in [0.15, 0.2) is 0 Å². The van der Waals surface area contributed by atoms with Gasteiger partial charge in [-0.15, -0.1) is 0 Å². The van der Waals surface area contributed by atoms with Crippen molar-refractivity contribution in [2.45, 2.75) is 38.8 Å². The molecule has 24 heavy (non-hydrogen) atoms. The molecule has 0 aromatic rings. The fourth-order valence-corrected chi connectivity index (χ4v) is 2.79. The molecule has 4 N–H and O–H groups in total. The van der Waals surface area contributed by atoms with Crippen LogP contribution in [0, 0.1) is 11.8 Å². The minimum Gasteiger partial charge on any atom is -0.396 e. The van der Waals surface area contributed by atoms with E-state index in [1.54, 1.807) is 0 Å². The Labute approximate surface area is 143 Å². The number of aliphatic hydroxyl groups excluding tert-OH is 2. The molecule has 0 aliphatic carbocycles. The summed E-state index contributed by atoms with van der Waals surface area (Å²) in [7, 11) is 0. The van der Waals surface area contributed by atoms with Gasteiger partial charge in [0.2, 0.25) is 0 Å². The van der Waals surface area contributed by atoms with Crippen molar-refractivity contribution < 1.29 is 10.2 Å². The number of nitrogens with one attached hydrogen (secondary N) is 2. The number of aliphatic imine (C=N–C) groups is 2. The fourth-order valence-electron chi connectivity index (χ4n) is 2.79. The number of amidine groups is 2. The van der Waals surface area contributed by atoms with Crippen LogP contribution < -0.4 is 10.6 Å². The van der Waals surface area contributed by atoms with Gasteiger partial charge in [-0.25, -0.2) is 0 Å². The predicted octanol–water partition coefficient (Wildman–Crippen LogP) is 0.216. The first kappa shape index (κ1) is 18.8. The van der Waals surface area contributed by atoms with Crippen LogP contribution in [0.1, 0.15) is 26.7 Å². The highest BCUT2D eigenvalue weighted by Gasteiger charge is 2.21. The maximum absolute atomic E-state index is 8.96. The van der Waals surface area contributed by atoms with Crippen molar-refractivity contribution in [3.63, 3.8) is 0 Å². The van der Waals surface area contributed by atoms with E-state index < -0.39 is 0 Å². The first-order valence-electron chi connectivity index (χ1n) is 8.82. The predicted molar refractivity (Wildman–Crippen MR) is 94.8 cm³/mol. The van der Waals surface area contributed by atoms with Crippen LogP contribution in [0.15, 0.2) is 20.2 Å². The number of nitrogens with zero attached hydrogens (tertiary/aromatic N) is 4. The maximum Gasteiger partial charge on any atom is 0.102 e. The highest BCUT2D eigenvalue weighted by Crippen LogP contribution is 2.11. The minimum atomic E-state index is 0.173. The van der Waals surface area contributed by atoms with Gasteiger partial charge in [-0.3, -0.25) is 9.98 Å². The van der Waals surface area contributed by atoms with Gasteiger partial charge in [0.25, 0.3) is 0 Å². The summed E-state index contributed by atoms with van der Waals surface area (Å²) in [5.41, 5.74) is 0. The number of hydrogen-bond acceptors (Lipinski definition) is 8. The van der Waals surface area contributed by atoms with Crippen molar-refractivity contribution in [2.24, 2.45) is 32.0 Å². The van der Waals surface area contributed by atoms with Gasteiger partial charge < -0.3 is 20.8 Å². The van der Waals surface area contributed by atoms with Gasteiger partial charge in [-0.05, 0) is 12.8 Å². The molecular formula is C16H30N6O2. The van der Waals surface area contributed by atoms with E-state index in [0.717, 1.165) is 24.8 Å². The quantitative estimate of drug-likeness (QED) is 0.427. The van der Waals surface area contributed by atoms with Crippen molar-refractivity contribution in [3.8, 4) is 0 Å². The second-order valence-corrected chi connectivity index (χ2v) is 6.57. The summed E-state index contributed by atoms with van der Waals surface area (Å²) < 4.78 is 0. The van der Waals surface area contributed by atoms with E-state index in [0.29, 0.717) is 25.9 Å². The average molecular weight is 338 g/mol. The molecule has 0 aromatic carbocycles. The van der Waals surface area contributed by atoms with Crippen LogP contribution in [0.4, 0.5) is 0 Å². The van der Waals surface area contributed by atoms with Crippen LogP contribution in [0.5, 0.6) is 0 Å². The molecule has 4 atom stereocenters. The van der Waals surface area contributed by atoms with E-state index in [4.69, 9.17) is 10.2 Å². The summed E-state index contributed by atoms with van der Waals surface area (Å²) in [6.45, 7) is 7.33. The summed E-state index contributed by atoms with van der Waals surface area (Å²) in [6.07, 6.45) is 1.41. The summed E-state index contributed by atoms with van der Waals surface area (Å²) in [6, 6.07) is 0.366. The minimum absolute atomic E-state index is 0.173. The Morgan fingerprint density at radius 3 is 1.71 bits per heavy atom. The van der Waals surface area contributed by atoms with Gasteiger partial charge >= 0.3 is 0 Å². The van der Waals surface area contributed by atoms with E-state index >= 15 is 0 Å². The molecule has 2 heterocycles. The van der Waals surface area contributed by atoms with Crippen LogP contribution in [-0.2, 0) is 0 Å². The van der Waals surface area contributed by atoms with Crippen molar-refractivity contribution in [2.75, 3.05) is 39.4 Å². The maximum atomic E-state index is 8.96. The lowest BCUT2D eigenvalue weighted by Gasteiger charge is -2.09. The zero-order valence-corrected chi connectivity index (χ0v) is 14.6. The molecule has 2 aliphatic heterocycles. The van der Waals surface area contributed by atoms with Crippen LogP contribution in [0.3, 0.4) is 0 Å². The third-order valence-electron chi connectivity index (χ3n) is 4.35. The zero-order valence-electron chi connectivity index (χ0n) is 14.6. The first-order valence-corrected chi connectivity index (χ1v) is 8.82. The molecule has 0 fully saturated rings. The normalized spacial score (nSPS) is 26.0. The number of aliphatic hydroxyl groups is 2. The number of rotatable bonds is 10. The molecule has 0 aromatic heterocycles. The van der Waals surface area contributed by atoms with Crippen molar-refractivity contribution >= 4 is 11.7 Å². The molecule has 2 aliphatic rings. The van der Waals surface area contributed by atoms with Gasteiger partial charge in [0, 0.05) is 38.1 Å². The third-order valence-corrected chi connectivity index (χ3v) is 4.35. The Balaban J connectivity index is 1.71. The van der Waals surface area contributed by atoms with Crippen LogP contribution in [-0.4, -0.2) is 73.4 Å². The second kappa shape index (κ2) is 9.68. The van der Waals surface area contributed by atoms with Gasteiger partial charge in [-0.1, -0.05) is 13.8 Å². The second-order valence-electron chi connectivity index (χ2n) is 6.57. The highest BCUT2D eigenvalue weighted by atomic mass is 16.3. The highest BCUT2D eigenvalue weighted by molar-refractivity contribution is 5.86. The SMILES string of the molecule is CC(CN=NCC(C)C1=NC(CCO)CN1)C1=NC(CCO)CN1. The summed E-state index contributed by atoms with van der Waals surface area (Å²) >= 11 is 0. The molecule has 0 radical (unpaired) electrons. The third kappa shape index (κ3) is 5.52. The van der Waals surface area contributed by atoms with Gasteiger partial charge in [-0.2, -0.15) is 10.2 Å². The molecule has 0 saturated heterocycles. The lowest BCUT2D eigenvalue weighted by atomic mass is 10.1. The molecule has 136 valence electrons. The van der Waals surface area contributed by atoms with Crippen molar-refractivity contribution in [1.29, 1.82) is 0 Å². The van der Waals surface area contributed by atoms with E-state index in [9.17, 15) is 0 Å². The molecule has 0 bridgehead atoms. The lowest BCUT2D eigenvalue weighted by Crippen LogP contribution is -2.28. The number of azo groups is 1. The van der Waals surface area contributed by atoms with Crippen molar-refractivity contribution in [1.82, 2.24) is 10.6 Å². The fraction of sp³-hybridized carbons (Fsp3) is 0.875. The molecular weight excluding hydrogens is 308 g/mol. The number of hydrogen-bond donors (Lipinski definition) is 4. The molecule has 4 unspecified atom stereocenters.